The van der Waals surface area contributed by atoms with Crippen LogP contribution >= 0.6 is 0 Å². The number of anilines is 1. The number of nitrogens with zero attached hydrogens (tertiary/aromatic N) is 3. The fraction of sp³-hybridized carbons (Fsp3) is 0.375. The zero-order chi connectivity index (χ0) is 18.3. The van der Waals surface area contributed by atoms with Gasteiger partial charge in [-0.25, -0.2) is 17.5 Å². The number of hydrogen-bond donors (Lipinski definition) is 2. The van der Waals surface area contributed by atoms with E-state index in [1.54, 1.807) is 16.9 Å². The van der Waals surface area contributed by atoms with Gasteiger partial charge in [-0.05, 0) is 12.0 Å². The molecule has 1 heterocycles. The summed E-state index contributed by atoms with van der Waals surface area (Å²) < 4.78 is 25.5. The van der Waals surface area contributed by atoms with Crippen molar-refractivity contribution in [3.63, 3.8) is 0 Å². The van der Waals surface area contributed by atoms with Crippen molar-refractivity contribution in [1.29, 1.82) is 0 Å². The number of benzene rings is 1. The minimum atomic E-state index is -3.18. The lowest BCUT2D eigenvalue weighted by Crippen LogP contribution is -2.33. The minimum Gasteiger partial charge on any atom is -0.338 e. The van der Waals surface area contributed by atoms with Gasteiger partial charge in [0.2, 0.25) is 10.0 Å². The van der Waals surface area contributed by atoms with E-state index in [1.165, 1.54) is 11.4 Å². The van der Waals surface area contributed by atoms with Crippen molar-refractivity contribution in [3.8, 4) is 0 Å². The summed E-state index contributed by atoms with van der Waals surface area (Å²) in [6.45, 7) is 1.35. The minimum absolute atomic E-state index is 0.352. The standard InChI is InChI=1S/C16H23N5O3S/c1-20(25(2,23)24)11-6-10-17-16(22)18-15-9-12-21(19-15)13-14-7-4-3-5-8-14/h3-5,7-9,12H,6,10-11,13H2,1-2H3,(H2,17,18,19,22). The van der Waals surface area contributed by atoms with Crippen LogP contribution in [0.1, 0.15) is 12.0 Å². The lowest BCUT2D eigenvalue weighted by Gasteiger charge is -2.13. The van der Waals surface area contributed by atoms with E-state index in [-0.39, 0.29) is 6.03 Å². The Bertz CT molecular complexity index is 789. The quantitative estimate of drug-likeness (QED) is 0.690. The van der Waals surface area contributed by atoms with Crippen LogP contribution in [0, 0.1) is 0 Å². The summed E-state index contributed by atoms with van der Waals surface area (Å²) in [5.74, 6) is 0.460. The van der Waals surface area contributed by atoms with E-state index in [0.717, 1.165) is 11.8 Å². The average molecular weight is 365 g/mol. The number of rotatable bonds is 8. The molecule has 0 saturated heterocycles. The lowest BCUT2D eigenvalue weighted by atomic mass is 10.2. The Morgan fingerprint density at radius 3 is 2.64 bits per heavy atom. The smallest absolute Gasteiger partial charge is 0.320 e. The number of urea groups is 1. The van der Waals surface area contributed by atoms with Crippen molar-refractivity contribution < 1.29 is 13.2 Å². The Morgan fingerprint density at radius 1 is 1.24 bits per heavy atom. The second-order valence-electron chi connectivity index (χ2n) is 5.70. The molecule has 0 spiro atoms. The molecule has 0 aliphatic carbocycles. The third-order valence-electron chi connectivity index (χ3n) is 3.57. The first kappa shape index (κ1) is 18.9. The van der Waals surface area contributed by atoms with Crippen molar-refractivity contribution in [2.45, 2.75) is 13.0 Å². The summed E-state index contributed by atoms with van der Waals surface area (Å²) in [5.41, 5.74) is 1.12. The van der Waals surface area contributed by atoms with Crippen LogP contribution in [0.15, 0.2) is 42.6 Å². The van der Waals surface area contributed by atoms with E-state index in [4.69, 9.17) is 0 Å². The Hall–Kier alpha value is -2.39. The molecule has 136 valence electrons. The summed E-state index contributed by atoms with van der Waals surface area (Å²) in [4.78, 5) is 11.8. The Balaban J connectivity index is 1.72. The van der Waals surface area contributed by atoms with E-state index < -0.39 is 10.0 Å². The molecule has 0 bridgehead atoms. The highest BCUT2D eigenvalue weighted by atomic mass is 32.2. The molecule has 0 aliphatic rings. The molecule has 2 aromatic rings. The SMILES string of the molecule is CN(CCCNC(=O)Nc1ccn(Cc2ccccc2)n1)S(C)(=O)=O. The number of carbonyl (C=O) groups excluding carboxylic acids is 1. The van der Waals surface area contributed by atoms with Crippen LogP contribution < -0.4 is 10.6 Å². The normalized spacial score (nSPS) is 11.5. The molecule has 8 nitrogen and oxygen atoms in total. The highest BCUT2D eigenvalue weighted by Crippen LogP contribution is 2.06. The van der Waals surface area contributed by atoms with Crippen LogP contribution in [0.3, 0.4) is 0 Å². The largest absolute Gasteiger partial charge is 0.338 e. The van der Waals surface area contributed by atoms with Crippen LogP contribution in [-0.2, 0) is 16.6 Å². The summed E-state index contributed by atoms with van der Waals surface area (Å²) in [6.07, 6.45) is 3.47. The van der Waals surface area contributed by atoms with Crippen LogP contribution in [0.4, 0.5) is 10.6 Å². The van der Waals surface area contributed by atoms with Crippen molar-refractivity contribution >= 4 is 21.9 Å². The molecule has 2 N–H and O–H groups in total. The molecule has 2 amide bonds. The third kappa shape index (κ3) is 6.55. The second-order valence-corrected chi connectivity index (χ2v) is 7.79. The summed E-state index contributed by atoms with van der Waals surface area (Å²) in [6, 6.07) is 11.3. The van der Waals surface area contributed by atoms with Gasteiger partial charge in [0.05, 0.1) is 12.8 Å². The first-order valence-corrected chi connectivity index (χ1v) is 9.73. The number of amides is 2. The molecule has 0 fully saturated rings. The molecule has 1 aromatic heterocycles. The average Bonchev–Trinajstić information content (AvgIpc) is 2.98. The maximum Gasteiger partial charge on any atom is 0.320 e. The molecule has 9 heteroatoms. The van der Waals surface area contributed by atoms with Gasteiger partial charge in [-0.2, -0.15) is 5.10 Å². The number of nitrogens with one attached hydrogen (secondary N) is 2. The Kier molecular flexibility index (Phi) is 6.54. The van der Waals surface area contributed by atoms with Crippen molar-refractivity contribution in [2.24, 2.45) is 0 Å². The van der Waals surface area contributed by atoms with Gasteiger partial charge in [0, 0.05) is 32.4 Å². The summed E-state index contributed by atoms with van der Waals surface area (Å²) >= 11 is 0. The Morgan fingerprint density at radius 2 is 1.96 bits per heavy atom. The zero-order valence-electron chi connectivity index (χ0n) is 14.3. The van der Waals surface area contributed by atoms with E-state index in [0.29, 0.717) is 31.9 Å². The molecule has 0 atom stereocenters. The molecule has 0 radical (unpaired) electrons. The Labute approximate surface area is 147 Å². The first-order valence-electron chi connectivity index (χ1n) is 7.88. The van der Waals surface area contributed by atoms with Crippen molar-refractivity contribution in [3.05, 3.63) is 48.2 Å². The molecule has 0 saturated carbocycles. The fourth-order valence-electron chi connectivity index (χ4n) is 2.12. The van der Waals surface area contributed by atoms with Crippen LogP contribution in [0.2, 0.25) is 0 Å². The predicted octanol–water partition coefficient (Wildman–Crippen LogP) is 1.33. The van der Waals surface area contributed by atoms with Gasteiger partial charge in [-0.1, -0.05) is 30.3 Å². The maximum atomic E-state index is 11.8. The topological polar surface area (TPSA) is 96.3 Å². The van der Waals surface area contributed by atoms with Crippen molar-refractivity contribution in [1.82, 2.24) is 19.4 Å². The summed E-state index contributed by atoms with van der Waals surface area (Å²) in [7, 11) is -1.67. The molecule has 0 unspecified atom stereocenters. The zero-order valence-corrected chi connectivity index (χ0v) is 15.2. The highest BCUT2D eigenvalue weighted by Gasteiger charge is 2.10. The maximum absolute atomic E-state index is 11.8. The molecule has 1 aromatic carbocycles. The number of aromatic nitrogens is 2. The van der Waals surface area contributed by atoms with Gasteiger partial charge in [0.25, 0.3) is 0 Å². The number of hydrogen-bond acceptors (Lipinski definition) is 4. The molecular formula is C16H23N5O3S. The fourth-order valence-corrected chi connectivity index (χ4v) is 2.58. The van der Waals surface area contributed by atoms with Crippen molar-refractivity contribution in [2.75, 3.05) is 31.7 Å². The molecule has 0 aliphatic heterocycles. The van der Waals surface area contributed by atoms with Crippen LogP contribution in [0.25, 0.3) is 0 Å². The monoisotopic (exact) mass is 365 g/mol. The number of sulfonamides is 1. The lowest BCUT2D eigenvalue weighted by molar-refractivity contribution is 0.251. The third-order valence-corrected chi connectivity index (χ3v) is 4.89. The molecular weight excluding hydrogens is 342 g/mol. The second kappa shape index (κ2) is 8.63. The van der Waals surface area contributed by atoms with Gasteiger partial charge >= 0.3 is 6.03 Å². The van der Waals surface area contributed by atoms with E-state index >= 15 is 0 Å². The molecule has 25 heavy (non-hydrogen) atoms. The van der Waals surface area contributed by atoms with Gasteiger partial charge in [-0.3, -0.25) is 10.00 Å². The summed E-state index contributed by atoms with van der Waals surface area (Å²) in [5, 5.41) is 9.62. The van der Waals surface area contributed by atoms with Gasteiger partial charge in [0.15, 0.2) is 5.82 Å². The number of carbonyl (C=O) groups is 1. The molecule has 2 rings (SSSR count). The van der Waals surface area contributed by atoms with Gasteiger partial charge in [-0.15, -0.1) is 0 Å². The van der Waals surface area contributed by atoms with Gasteiger partial charge in [0.1, 0.15) is 0 Å². The van der Waals surface area contributed by atoms with E-state index in [9.17, 15) is 13.2 Å². The predicted molar refractivity (Wildman–Crippen MR) is 96.9 cm³/mol. The highest BCUT2D eigenvalue weighted by molar-refractivity contribution is 7.88. The first-order chi connectivity index (χ1) is 11.8. The van der Waals surface area contributed by atoms with Gasteiger partial charge < -0.3 is 5.32 Å². The van der Waals surface area contributed by atoms with Crippen LogP contribution in [-0.4, -0.2) is 54.9 Å². The van der Waals surface area contributed by atoms with E-state index in [1.807, 2.05) is 30.3 Å². The van der Waals surface area contributed by atoms with Crippen LogP contribution in [0.5, 0.6) is 0 Å². The van der Waals surface area contributed by atoms with E-state index in [2.05, 4.69) is 15.7 Å².